The lowest BCUT2D eigenvalue weighted by Gasteiger charge is -2.25. The summed E-state index contributed by atoms with van der Waals surface area (Å²) in [4.78, 5) is 36.9. The monoisotopic (exact) mass is 723 g/mol. The van der Waals surface area contributed by atoms with E-state index >= 15 is 0 Å². The highest BCUT2D eigenvalue weighted by molar-refractivity contribution is 5.71. The molecule has 0 saturated heterocycles. The number of nitrogens with zero attached hydrogens (tertiary/aromatic N) is 1. The number of carboxylic acid groups (broad SMARTS) is 1. The van der Waals surface area contributed by atoms with Gasteiger partial charge in [0.1, 0.15) is 13.2 Å². The number of quaternary nitrogens is 1. The minimum Gasteiger partial charge on any atom is -0.477 e. The highest BCUT2D eigenvalue weighted by Crippen LogP contribution is 2.12. The number of hydrogen-bond acceptors (Lipinski definition) is 7. The van der Waals surface area contributed by atoms with Crippen molar-refractivity contribution in [1.29, 1.82) is 0 Å². The molecule has 51 heavy (non-hydrogen) atoms. The van der Waals surface area contributed by atoms with E-state index in [0.29, 0.717) is 17.4 Å². The van der Waals surface area contributed by atoms with Gasteiger partial charge in [0.25, 0.3) is 6.29 Å². The Kier molecular flexibility index (Phi) is 32.9. The fraction of sp³-hybridized carbons (Fsp3) is 0.786. The molecule has 9 heteroatoms. The average Bonchev–Trinajstić information content (AvgIpc) is 3.08. The van der Waals surface area contributed by atoms with Crippen molar-refractivity contribution >= 4 is 17.9 Å². The second kappa shape index (κ2) is 34.6. The normalized spacial score (nSPS) is 13.4. The predicted molar refractivity (Wildman–Crippen MR) is 207 cm³/mol. The summed E-state index contributed by atoms with van der Waals surface area (Å²) < 4.78 is 22.6. The van der Waals surface area contributed by atoms with Gasteiger partial charge in [-0.05, 0) is 64.2 Å². The van der Waals surface area contributed by atoms with Gasteiger partial charge in [-0.25, -0.2) is 4.79 Å². The summed E-state index contributed by atoms with van der Waals surface area (Å²) in [5.41, 5.74) is 0. The van der Waals surface area contributed by atoms with Crippen LogP contribution in [0.3, 0.4) is 0 Å². The molecule has 0 aromatic heterocycles. The summed E-state index contributed by atoms with van der Waals surface area (Å²) in [7, 11) is 5.93. The van der Waals surface area contributed by atoms with E-state index in [2.05, 4.69) is 50.3 Å². The maximum absolute atomic E-state index is 12.7. The summed E-state index contributed by atoms with van der Waals surface area (Å²) in [6.07, 6.45) is 33.4. The van der Waals surface area contributed by atoms with Gasteiger partial charge in [0, 0.05) is 12.8 Å². The lowest BCUT2D eigenvalue weighted by molar-refractivity contribution is -0.870. The van der Waals surface area contributed by atoms with Gasteiger partial charge in [0.15, 0.2) is 6.10 Å². The maximum Gasteiger partial charge on any atom is 0.361 e. The van der Waals surface area contributed by atoms with Crippen molar-refractivity contribution in [3.05, 3.63) is 36.5 Å². The fourth-order valence-corrected chi connectivity index (χ4v) is 5.14. The molecule has 0 radical (unpaired) electrons. The highest BCUT2D eigenvalue weighted by atomic mass is 16.7. The zero-order valence-corrected chi connectivity index (χ0v) is 33.3. The highest BCUT2D eigenvalue weighted by Gasteiger charge is 2.25. The number of rotatable bonds is 36. The number of likely N-dealkylation sites (N-methyl/N-ethyl adjacent to an activating group) is 1. The number of carboxylic acids is 1. The minimum absolute atomic E-state index is 0.183. The van der Waals surface area contributed by atoms with Crippen LogP contribution in [-0.4, -0.2) is 87.4 Å². The van der Waals surface area contributed by atoms with Gasteiger partial charge in [-0.2, -0.15) is 0 Å². The van der Waals surface area contributed by atoms with Crippen molar-refractivity contribution in [2.24, 2.45) is 0 Å². The third kappa shape index (κ3) is 35.7. The van der Waals surface area contributed by atoms with Crippen molar-refractivity contribution in [1.82, 2.24) is 0 Å². The Labute approximate surface area is 311 Å². The van der Waals surface area contributed by atoms with Gasteiger partial charge in [-0.3, -0.25) is 9.59 Å². The first-order valence-electron chi connectivity index (χ1n) is 20.2. The summed E-state index contributed by atoms with van der Waals surface area (Å²) in [5.74, 6) is -2.04. The summed E-state index contributed by atoms with van der Waals surface area (Å²) in [6, 6.07) is 0. The van der Waals surface area contributed by atoms with Crippen LogP contribution in [0.5, 0.6) is 0 Å². The largest absolute Gasteiger partial charge is 0.477 e. The van der Waals surface area contributed by atoms with E-state index in [-0.39, 0.29) is 38.6 Å². The van der Waals surface area contributed by atoms with Crippen LogP contribution in [0, 0.1) is 0 Å². The molecule has 0 aliphatic rings. The quantitative estimate of drug-likeness (QED) is 0.0224. The van der Waals surface area contributed by atoms with Crippen molar-refractivity contribution in [2.75, 3.05) is 47.5 Å². The lowest BCUT2D eigenvalue weighted by atomic mass is 10.1. The molecule has 2 atom stereocenters. The van der Waals surface area contributed by atoms with E-state index in [9.17, 15) is 19.5 Å². The molecule has 0 saturated carbocycles. The molecule has 9 nitrogen and oxygen atoms in total. The van der Waals surface area contributed by atoms with Crippen LogP contribution < -0.4 is 0 Å². The average molecular weight is 723 g/mol. The van der Waals surface area contributed by atoms with Crippen LogP contribution in [0.2, 0.25) is 0 Å². The van der Waals surface area contributed by atoms with E-state index in [4.69, 9.17) is 18.9 Å². The van der Waals surface area contributed by atoms with Crippen LogP contribution in [0.25, 0.3) is 0 Å². The van der Waals surface area contributed by atoms with Crippen LogP contribution in [0.4, 0.5) is 0 Å². The molecule has 0 aromatic carbocycles. The molecule has 0 spiro atoms. The van der Waals surface area contributed by atoms with Gasteiger partial charge in [-0.1, -0.05) is 115 Å². The third-order valence-corrected chi connectivity index (χ3v) is 8.37. The zero-order valence-electron chi connectivity index (χ0n) is 33.3. The van der Waals surface area contributed by atoms with E-state index in [0.717, 1.165) is 83.5 Å². The second-order valence-corrected chi connectivity index (χ2v) is 14.6. The molecule has 0 aromatic rings. The summed E-state index contributed by atoms with van der Waals surface area (Å²) in [5, 5.41) is 9.59. The Hall–Kier alpha value is -2.49. The van der Waals surface area contributed by atoms with E-state index in [1.54, 1.807) is 0 Å². The molecule has 1 N–H and O–H groups in total. The zero-order chi connectivity index (χ0) is 37.8. The molecular formula is C42H76NO8+. The van der Waals surface area contributed by atoms with Crippen molar-refractivity contribution in [2.45, 2.75) is 167 Å². The topological polar surface area (TPSA) is 108 Å². The summed E-state index contributed by atoms with van der Waals surface area (Å²) >= 11 is 0. The third-order valence-electron chi connectivity index (χ3n) is 8.37. The minimum atomic E-state index is -1.51. The van der Waals surface area contributed by atoms with Crippen LogP contribution in [0.15, 0.2) is 36.5 Å². The van der Waals surface area contributed by atoms with E-state index in [1.165, 1.54) is 38.5 Å². The number of esters is 2. The molecule has 296 valence electrons. The van der Waals surface area contributed by atoms with Gasteiger partial charge in [-0.15, -0.1) is 0 Å². The standard InChI is InChI=1S/C42H75NO8/c1-6-8-10-12-14-16-18-19-20-21-23-25-27-29-31-33-40(45)51-38(37-50-42(41(46)47)48-35-34-43(3,4)5)36-49-39(44)32-30-28-26-24-22-17-15-13-11-9-7-2/h13-16,19-20,38,42H,6-12,17-18,21-37H2,1-5H3/p+1/b15-13-,16-14-,20-19-. The predicted octanol–water partition coefficient (Wildman–Crippen LogP) is 9.88. The first-order valence-corrected chi connectivity index (χ1v) is 20.2. The SMILES string of the molecule is CCCC/C=C\CCCCCCCC(=O)OCC(COC(OCC[N+](C)(C)C)C(=O)O)OC(=O)CCCCCCC/C=C\C/C=C\CCCCC. The fourth-order valence-electron chi connectivity index (χ4n) is 5.14. The Morgan fingerprint density at radius 3 is 1.63 bits per heavy atom. The van der Waals surface area contributed by atoms with Gasteiger partial charge >= 0.3 is 17.9 Å². The molecule has 0 bridgehead atoms. The molecule has 0 heterocycles. The smallest absolute Gasteiger partial charge is 0.361 e. The Morgan fingerprint density at radius 1 is 0.588 bits per heavy atom. The molecule has 0 rings (SSSR count). The van der Waals surface area contributed by atoms with Gasteiger partial charge < -0.3 is 28.5 Å². The Morgan fingerprint density at radius 2 is 1.08 bits per heavy atom. The number of carbonyl (C=O) groups excluding carboxylic acids is 2. The van der Waals surface area contributed by atoms with Crippen molar-refractivity contribution in [3.63, 3.8) is 0 Å². The van der Waals surface area contributed by atoms with Crippen molar-refractivity contribution < 1.29 is 42.9 Å². The molecular weight excluding hydrogens is 646 g/mol. The first-order chi connectivity index (χ1) is 24.6. The number of hydrogen-bond donors (Lipinski definition) is 1. The lowest BCUT2D eigenvalue weighted by Crippen LogP contribution is -2.40. The van der Waals surface area contributed by atoms with E-state index < -0.39 is 24.3 Å². The van der Waals surface area contributed by atoms with Gasteiger partial charge in [0.05, 0.1) is 34.4 Å². The second-order valence-electron chi connectivity index (χ2n) is 14.6. The number of unbranched alkanes of at least 4 members (excludes halogenated alkanes) is 15. The number of carbonyl (C=O) groups is 3. The van der Waals surface area contributed by atoms with E-state index in [1.807, 2.05) is 21.1 Å². The number of allylic oxidation sites excluding steroid dienone is 6. The molecule has 0 aliphatic heterocycles. The molecule has 0 fully saturated rings. The van der Waals surface area contributed by atoms with Crippen molar-refractivity contribution in [3.8, 4) is 0 Å². The molecule has 2 unspecified atom stereocenters. The van der Waals surface area contributed by atoms with Crippen LogP contribution in [0.1, 0.15) is 155 Å². The Bertz CT molecular complexity index is 940. The summed E-state index contributed by atoms with van der Waals surface area (Å²) in [6.45, 7) is 4.75. The first kappa shape index (κ1) is 48.5. The van der Waals surface area contributed by atoms with Gasteiger partial charge in [0.2, 0.25) is 0 Å². The molecule has 0 amide bonds. The maximum atomic E-state index is 12.7. The van der Waals surface area contributed by atoms with Crippen LogP contribution >= 0.6 is 0 Å². The number of ether oxygens (including phenoxy) is 4. The van der Waals surface area contributed by atoms with Crippen LogP contribution in [-0.2, 0) is 33.3 Å². The number of aliphatic carboxylic acids is 1. The Balaban J connectivity index is 4.55. The molecule has 0 aliphatic carbocycles.